The first-order chi connectivity index (χ1) is 8.91. The van der Waals surface area contributed by atoms with Crippen molar-refractivity contribution < 1.29 is 19.1 Å². The van der Waals surface area contributed by atoms with Crippen LogP contribution in [0.25, 0.3) is 0 Å². The fourth-order valence-electron chi connectivity index (χ4n) is 2.42. The predicted molar refractivity (Wildman–Crippen MR) is 68.9 cm³/mol. The Kier molecular flexibility index (Phi) is 5.32. The largest absolute Gasteiger partial charge is 0.469 e. The highest BCUT2D eigenvalue weighted by Crippen LogP contribution is 2.37. The molecule has 1 saturated carbocycles. The molecule has 2 amide bonds. The first-order valence-electron chi connectivity index (χ1n) is 6.56. The van der Waals surface area contributed by atoms with Crippen LogP contribution in [0.1, 0.15) is 39.0 Å². The number of hydrogen-bond acceptors (Lipinski definition) is 4. The molecule has 3 N–H and O–H groups in total. The van der Waals surface area contributed by atoms with Crippen molar-refractivity contribution in [2.45, 2.75) is 39.0 Å². The monoisotopic (exact) mass is 270 g/mol. The minimum atomic E-state index is -0.610. The van der Waals surface area contributed by atoms with Crippen LogP contribution in [0.4, 0.5) is 0 Å². The number of nitrogens with two attached hydrogens (primary N) is 1. The Labute approximate surface area is 113 Å². The molecule has 1 atom stereocenters. The second kappa shape index (κ2) is 6.54. The molecule has 1 unspecified atom stereocenters. The molecule has 19 heavy (non-hydrogen) atoms. The van der Waals surface area contributed by atoms with E-state index in [2.05, 4.69) is 10.1 Å². The van der Waals surface area contributed by atoms with E-state index in [0.29, 0.717) is 12.8 Å². The Morgan fingerprint density at radius 1 is 1.32 bits per heavy atom. The number of methoxy groups -OCH3 is 1. The topological polar surface area (TPSA) is 98.5 Å². The molecule has 6 nitrogen and oxygen atoms in total. The van der Waals surface area contributed by atoms with Crippen molar-refractivity contribution in [3.05, 3.63) is 0 Å². The first kappa shape index (κ1) is 15.5. The molecule has 0 bridgehead atoms. The molecular weight excluding hydrogens is 248 g/mol. The molecular formula is C13H22N2O4. The van der Waals surface area contributed by atoms with Gasteiger partial charge >= 0.3 is 5.97 Å². The summed E-state index contributed by atoms with van der Waals surface area (Å²) >= 11 is 0. The van der Waals surface area contributed by atoms with E-state index in [0.717, 1.165) is 12.8 Å². The molecule has 1 aliphatic carbocycles. The van der Waals surface area contributed by atoms with E-state index in [1.807, 2.05) is 0 Å². The number of carbonyl (C=O) groups is 3. The number of nitrogens with one attached hydrogen (secondary N) is 1. The van der Waals surface area contributed by atoms with Gasteiger partial charge in [-0.25, -0.2) is 0 Å². The summed E-state index contributed by atoms with van der Waals surface area (Å²) in [5.41, 5.74) is 4.82. The number of carbonyl (C=O) groups excluding carboxylic acids is 3. The Balaban J connectivity index is 2.48. The fraction of sp³-hybridized carbons (Fsp3) is 0.769. The van der Waals surface area contributed by atoms with E-state index < -0.39 is 17.3 Å². The summed E-state index contributed by atoms with van der Waals surface area (Å²) in [6.07, 6.45) is 3.38. The quantitative estimate of drug-likeness (QED) is 0.680. The van der Waals surface area contributed by atoms with Gasteiger partial charge in [0, 0.05) is 12.5 Å². The van der Waals surface area contributed by atoms with E-state index in [1.54, 1.807) is 6.92 Å². The molecule has 0 spiro atoms. The summed E-state index contributed by atoms with van der Waals surface area (Å²) in [4.78, 5) is 34.5. The number of ether oxygens (including phenoxy) is 1. The maximum absolute atomic E-state index is 11.8. The van der Waals surface area contributed by atoms with E-state index in [4.69, 9.17) is 5.73 Å². The van der Waals surface area contributed by atoms with Gasteiger partial charge in [-0.3, -0.25) is 14.4 Å². The van der Waals surface area contributed by atoms with Gasteiger partial charge in [-0.1, -0.05) is 19.8 Å². The SMILES string of the molecule is COC(=O)CC(C)C(=O)NCC1(C(N)=O)CCCC1. The van der Waals surface area contributed by atoms with Gasteiger partial charge in [-0.05, 0) is 12.8 Å². The van der Waals surface area contributed by atoms with Crippen LogP contribution in [0, 0.1) is 11.3 Å². The maximum Gasteiger partial charge on any atom is 0.306 e. The van der Waals surface area contributed by atoms with Crippen molar-refractivity contribution in [3.63, 3.8) is 0 Å². The zero-order chi connectivity index (χ0) is 14.5. The zero-order valence-corrected chi connectivity index (χ0v) is 11.5. The average molecular weight is 270 g/mol. The molecule has 6 heteroatoms. The molecule has 1 aliphatic rings. The molecule has 1 fully saturated rings. The van der Waals surface area contributed by atoms with E-state index >= 15 is 0 Å². The van der Waals surface area contributed by atoms with E-state index in [1.165, 1.54) is 7.11 Å². The highest BCUT2D eigenvalue weighted by Gasteiger charge is 2.39. The second-order valence-electron chi connectivity index (χ2n) is 5.25. The van der Waals surface area contributed by atoms with Gasteiger partial charge in [-0.2, -0.15) is 0 Å². The number of amides is 2. The lowest BCUT2D eigenvalue weighted by Crippen LogP contribution is -2.46. The first-order valence-corrected chi connectivity index (χ1v) is 6.56. The van der Waals surface area contributed by atoms with Gasteiger partial charge in [0.25, 0.3) is 0 Å². The third kappa shape index (κ3) is 3.94. The normalized spacial score (nSPS) is 18.6. The van der Waals surface area contributed by atoms with Gasteiger partial charge < -0.3 is 15.8 Å². The van der Waals surface area contributed by atoms with Crippen LogP contribution in [-0.4, -0.2) is 31.4 Å². The Hall–Kier alpha value is -1.59. The lowest BCUT2D eigenvalue weighted by molar-refractivity contribution is -0.144. The molecule has 108 valence electrons. The summed E-state index contributed by atoms with van der Waals surface area (Å²) in [5.74, 6) is -1.50. The summed E-state index contributed by atoms with van der Waals surface area (Å²) in [6, 6.07) is 0. The predicted octanol–water partition coefficient (Wildman–Crippen LogP) is 0.347. The molecule has 0 saturated heterocycles. The van der Waals surface area contributed by atoms with Gasteiger partial charge in [0.15, 0.2) is 0 Å². The minimum Gasteiger partial charge on any atom is -0.469 e. The average Bonchev–Trinajstić information content (AvgIpc) is 2.85. The summed E-state index contributed by atoms with van der Waals surface area (Å²) in [6.45, 7) is 1.91. The van der Waals surface area contributed by atoms with Gasteiger partial charge in [0.1, 0.15) is 0 Å². The van der Waals surface area contributed by atoms with Crippen LogP contribution in [0.5, 0.6) is 0 Å². The third-order valence-corrected chi connectivity index (χ3v) is 3.83. The van der Waals surface area contributed by atoms with E-state index in [-0.39, 0.29) is 24.8 Å². The van der Waals surface area contributed by atoms with Crippen molar-refractivity contribution >= 4 is 17.8 Å². The van der Waals surface area contributed by atoms with Crippen LogP contribution in [0.15, 0.2) is 0 Å². The maximum atomic E-state index is 11.8. The Morgan fingerprint density at radius 3 is 2.37 bits per heavy atom. The highest BCUT2D eigenvalue weighted by atomic mass is 16.5. The summed E-state index contributed by atoms with van der Waals surface area (Å²) < 4.78 is 4.51. The van der Waals surface area contributed by atoms with E-state index in [9.17, 15) is 14.4 Å². The van der Waals surface area contributed by atoms with Crippen LogP contribution in [0.3, 0.4) is 0 Å². The molecule has 0 aliphatic heterocycles. The van der Waals surface area contributed by atoms with Crippen molar-refractivity contribution in [2.75, 3.05) is 13.7 Å². The van der Waals surface area contributed by atoms with Gasteiger partial charge in [0.05, 0.1) is 18.9 Å². The third-order valence-electron chi connectivity index (χ3n) is 3.83. The second-order valence-corrected chi connectivity index (χ2v) is 5.25. The Bertz CT molecular complexity index is 362. The standard InChI is InChI=1S/C13H22N2O4/c1-9(7-10(16)19-2)11(17)15-8-13(12(14)18)5-3-4-6-13/h9H,3-8H2,1-2H3,(H2,14,18)(H,15,17). The molecule has 0 radical (unpaired) electrons. The highest BCUT2D eigenvalue weighted by molar-refractivity contribution is 5.85. The zero-order valence-electron chi connectivity index (χ0n) is 11.5. The molecule has 0 aromatic carbocycles. The summed E-state index contributed by atoms with van der Waals surface area (Å²) in [7, 11) is 1.29. The number of rotatable bonds is 6. The Morgan fingerprint density at radius 2 is 1.89 bits per heavy atom. The fourth-order valence-corrected chi connectivity index (χ4v) is 2.42. The minimum absolute atomic E-state index is 0.0336. The molecule has 1 rings (SSSR count). The lowest BCUT2D eigenvalue weighted by atomic mass is 9.85. The van der Waals surface area contributed by atoms with Crippen molar-refractivity contribution in [2.24, 2.45) is 17.1 Å². The van der Waals surface area contributed by atoms with Crippen LogP contribution < -0.4 is 11.1 Å². The summed E-state index contributed by atoms with van der Waals surface area (Å²) in [5, 5.41) is 2.73. The van der Waals surface area contributed by atoms with Crippen LogP contribution >= 0.6 is 0 Å². The van der Waals surface area contributed by atoms with Crippen molar-refractivity contribution in [1.82, 2.24) is 5.32 Å². The smallest absolute Gasteiger partial charge is 0.306 e. The molecule has 0 aromatic heterocycles. The molecule has 0 heterocycles. The van der Waals surface area contributed by atoms with Crippen LogP contribution in [-0.2, 0) is 19.1 Å². The molecule has 0 aromatic rings. The van der Waals surface area contributed by atoms with Crippen molar-refractivity contribution in [1.29, 1.82) is 0 Å². The lowest BCUT2D eigenvalue weighted by Gasteiger charge is -2.26. The number of hydrogen-bond donors (Lipinski definition) is 2. The number of primary amides is 1. The van der Waals surface area contributed by atoms with Gasteiger partial charge in [-0.15, -0.1) is 0 Å². The number of esters is 1. The van der Waals surface area contributed by atoms with Gasteiger partial charge in [0.2, 0.25) is 11.8 Å². The van der Waals surface area contributed by atoms with Crippen molar-refractivity contribution in [3.8, 4) is 0 Å². The van der Waals surface area contributed by atoms with Crippen LogP contribution in [0.2, 0.25) is 0 Å².